The maximum Gasteiger partial charge on any atom is 0.228 e. The molecule has 3 aromatic rings. The maximum atomic E-state index is 14.3. The number of piperazine rings is 1. The second-order valence-corrected chi connectivity index (χ2v) is 9.38. The minimum Gasteiger partial charge on any atom is -0.362 e. The van der Waals surface area contributed by atoms with E-state index in [9.17, 15) is 4.39 Å². The molecule has 3 fully saturated rings. The van der Waals surface area contributed by atoms with Gasteiger partial charge < -0.3 is 20.5 Å². The third kappa shape index (κ3) is 4.20. The van der Waals surface area contributed by atoms with Gasteiger partial charge >= 0.3 is 0 Å². The van der Waals surface area contributed by atoms with Crippen LogP contribution in [0.1, 0.15) is 43.0 Å². The number of nitrogens with one attached hydrogen (secondary N) is 4. The first-order valence-electron chi connectivity index (χ1n) is 11.4. The zero-order valence-corrected chi connectivity index (χ0v) is 18.7. The fourth-order valence-corrected chi connectivity index (χ4v) is 4.91. The molecule has 0 radical (unpaired) electrons. The van der Waals surface area contributed by atoms with E-state index >= 15 is 0 Å². The molecule has 6 rings (SSSR count). The van der Waals surface area contributed by atoms with Crippen LogP contribution < -0.4 is 15.5 Å². The van der Waals surface area contributed by atoms with Crippen LogP contribution in [0.15, 0.2) is 24.7 Å². The first kappa shape index (κ1) is 20.6. The van der Waals surface area contributed by atoms with Gasteiger partial charge in [0.15, 0.2) is 5.82 Å². The van der Waals surface area contributed by atoms with Crippen LogP contribution in [0.25, 0.3) is 11.0 Å². The van der Waals surface area contributed by atoms with Crippen molar-refractivity contribution in [1.82, 2.24) is 35.5 Å². The number of imidazole rings is 1. The molecule has 2 saturated heterocycles. The Labute approximate surface area is 194 Å². The molecule has 172 valence electrons. The molecule has 2 aromatic heterocycles. The second-order valence-electron chi connectivity index (χ2n) is 8.97. The van der Waals surface area contributed by atoms with Gasteiger partial charge in [-0.1, -0.05) is 11.6 Å². The lowest BCUT2D eigenvalue weighted by atomic mass is 10.2. The predicted molar refractivity (Wildman–Crippen MR) is 124 cm³/mol. The summed E-state index contributed by atoms with van der Waals surface area (Å²) in [6.07, 6.45) is 7.97. The number of hydrogen-bond acceptors (Lipinski definition) is 7. The Bertz CT molecular complexity index is 1220. The first-order chi connectivity index (χ1) is 16.1. The molecule has 3 aliphatic rings. The summed E-state index contributed by atoms with van der Waals surface area (Å²) in [6.45, 7) is 2.11. The molecule has 1 aromatic carbocycles. The maximum absolute atomic E-state index is 14.3. The van der Waals surface area contributed by atoms with Crippen LogP contribution in [0, 0.1) is 5.82 Å². The number of H-pyrrole nitrogens is 2. The van der Waals surface area contributed by atoms with Crippen molar-refractivity contribution in [3.8, 4) is 0 Å². The highest BCUT2D eigenvalue weighted by Crippen LogP contribution is 2.42. The summed E-state index contributed by atoms with van der Waals surface area (Å²) in [4.78, 5) is 19.3. The van der Waals surface area contributed by atoms with Crippen molar-refractivity contribution < 1.29 is 4.39 Å². The first-order valence-corrected chi connectivity index (χ1v) is 11.7. The number of benzene rings is 1. The molecule has 0 amide bonds. The van der Waals surface area contributed by atoms with Gasteiger partial charge in [0.05, 0.1) is 17.1 Å². The van der Waals surface area contributed by atoms with Gasteiger partial charge in [-0.2, -0.15) is 15.1 Å². The number of hydrogen-bond donors (Lipinski definition) is 4. The van der Waals surface area contributed by atoms with E-state index in [1.54, 1.807) is 6.07 Å². The fraction of sp³-hybridized carbons (Fsp3) is 0.455. The highest BCUT2D eigenvalue weighted by atomic mass is 35.5. The summed E-state index contributed by atoms with van der Waals surface area (Å²) in [5.41, 5.74) is 1.91. The smallest absolute Gasteiger partial charge is 0.228 e. The van der Waals surface area contributed by atoms with E-state index in [2.05, 4.69) is 40.7 Å². The molecule has 2 aliphatic heterocycles. The van der Waals surface area contributed by atoms with Crippen LogP contribution in [-0.2, 0) is 6.54 Å². The topological polar surface area (TPSA) is 110 Å². The van der Waals surface area contributed by atoms with Gasteiger partial charge in [0.25, 0.3) is 0 Å². The Hall–Kier alpha value is -2.98. The van der Waals surface area contributed by atoms with Crippen molar-refractivity contribution in [3.05, 3.63) is 46.9 Å². The number of aromatic amines is 2. The van der Waals surface area contributed by atoms with E-state index in [4.69, 9.17) is 16.6 Å². The van der Waals surface area contributed by atoms with Gasteiger partial charge in [-0.05, 0) is 43.7 Å². The third-order valence-corrected chi connectivity index (χ3v) is 6.84. The van der Waals surface area contributed by atoms with Crippen molar-refractivity contribution >= 4 is 34.4 Å². The van der Waals surface area contributed by atoms with Crippen molar-refractivity contribution in [3.63, 3.8) is 0 Å². The SMILES string of the molecule is Fc1c(Cl)ccc2[nH]c(CNc3nc(N4CC5CCC(C4)N5)ncn[nH]cc3C3CC3)nc12. The highest BCUT2D eigenvalue weighted by Gasteiger charge is 2.33. The normalized spacial score (nSPS) is 21.9. The minimum absolute atomic E-state index is 0.0602. The van der Waals surface area contributed by atoms with Crippen LogP contribution in [0.4, 0.5) is 16.2 Å². The van der Waals surface area contributed by atoms with Crippen LogP contribution in [-0.4, -0.2) is 55.3 Å². The highest BCUT2D eigenvalue weighted by molar-refractivity contribution is 6.31. The molecule has 11 heteroatoms. The molecule has 4 heterocycles. The molecular formula is C22H25ClFN9. The average Bonchev–Trinajstić information content (AvgIpc) is 3.45. The largest absolute Gasteiger partial charge is 0.362 e. The van der Waals surface area contributed by atoms with Crippen molar-refractivity contribution in [2.24, 2.45) is 0 Å². The molecule has 1 saturated carbocycles. The van der Waals surface area contributed by atoms with Crippen molar-refractivity contribution in [1.29, 1.82) is 0 Å². The van der Waals surface area contributed by atoms with E-state index < -0.39 is 5.82 Å². The lowest BCUT2D eigenvalue weighted by Crippen LogP contribution is -2.51. The number of anilines is 2. The average molecular weight is 470 g/mol. The summed E-state index contributed by atoms with van der Waals surface area (Å²) in [5, 5.41) is 14.3. The molecular weight excluding hydrogens is 445 g/mol. The van der Waals surface area contributed by atoms with Crippen molar-refractivity contribution in [2.75, 3.05) is 23.3 Å². The molecule has 2 bridgehead atoms. The van der Waals surface area contributed by atoms with Crippen LogP contribution >= 0.6 is 11.6 Å². The summed E-state index contributed by atoms with van der Waals surface area (Å²) >= 11 is 5.91. The number of aromatic nitrogens is 6. The van der Waals surface area contributed by atoms with E-state index in [1.807, 2.05) is 6.20 Å². The van der Waals surface area contributed by atoms with E-state index in [1.165, 1.54) is 25.2 Å². The van der Waals surface area contributed by atoms with Crippen molar-refractivity contribution in [2.45, 2.75) is 50.2 Å². The molecule has 2 atom stereocenters. The van der Waals surface area contributed by atoms with E-state index in [0.29, 0.717) is 41.8 Å². The number of nitrogens with zero attached hydrogens (tertiary/aromatic N) is 5. The minimum atomic E-state index is -0.515. The zero-order valence-electron chi connectivity index (χ0n) is 18.0. The fourth-order valence-electron chi connectivity index (χ4n) is 4.76. The monoisotopic (exact) mass is 469 g/mol. The number of halogens is 2. The Kier molecular flexibility index (Phi) is 5.26. The Balaban J connectivity index is 1.34. The number of fused-ring (bicyclic) bond motifs is 3. The van der Waals surface area contributed by atoms with Gasteiger partial charge in [0.1, 0.15) is 23.5 Å². The summed E-state index contributed by atoms with van der Waals surface area (Å²) in [7, 11) is 0. The second kappa shape index (κ2) is 8.42. The van der Waals surface area contributed by atoms with Gasteiger partial charge in [0.2, 0.25) is 5.95 Å². The standard InChI is InChI=1S/C22H25ClFN9/c23-16-5-6-17-20(19(16)24)31-18(30-17)8-25-21-15(12-1-2-12)7-27-28-11-26-22(32-21)33-9-13-3-4-14(10-33)29-13/h5-7,11-14,27,29H,1-4,8-10H2,(H,30,31)(H,25,26,28,32). The van der Waals surface area contributed by atoms with E-state index in [0.717, 1.165) is 37.3 Å². The molecule has 1 aliphatic carbocycles. The van der Waals surface area contributed by atoms with Gasteiger partial charge in [0, 0.05) is 36.9 Å². The third-order valence-electron chi connectivity index (χ3n) is 6.55. The Morgan fingerprint density at radius 3 is 2.73 bits per heavy atom. The summed E-state index contributed by atoms with van der Waals surface area (Å²) in [6, 6.07) is 4.20. The lowest BCUT2D eigenvalue weighted by Gasteiger charge is -2.32. The van der Waals surface area contributed by atoms with Crippen LogP contribution in [0.2, 0.25) is 5.02 Å². The molecule has 9 nitrogen and oxygen atoms in total. The van der Waals surface area contributed by atoms with Gasteiger partial charge in [-0.25, -0.2) is 9.37 Å². The Morgan fingerprint density at radius 1 is 1.12 bits per heavy atom. The van der Waals surface area contributed by atoms with E-state index in [-0.39, 0.29) is 10.5 Å². The van der Waals surface area contributed by atoms with Gasteiger partial charge in [-0.3, -0.25) is 5.10 Å². The summed E-state index contributed by atoms with van der Waals surface area (Å²) in [5.74, 6) is 1.90. The Morgan fingerprint density at radius 2 is 1.94 bits per heavy atom. The molecule has 2 unspecified atom stereocenters. The van der Waals surface area contributed by atoms with Crippen LogP contribution in [0.5, 0.6) is 0 Å². The zero-order chi connectivity index (χ0) is 22.4. The van der Waals surface area contributed by atoms with Gasteiger partial charge in [-0.15, -0.1) is 0 Å². The molecule has 0 spiro atoms. The summed E-state index contributed by atoms with van der Waals surface area (Å²) < 4.78 is 14.3. The molecule has 33 heavy (non-hydrogen) atoms. The lowest BCUT2D eigenvalue weighted by molar-refractivity contribution is 0.461. The van der Waals surface area contributed by atoms with Crippen LogP contribution in [0.3, 0.4) is 0 Å². The predicted octanol–water partition coefficient (Wildman–Crippen LogP) is 3.42. The number of rotatable bonds is 5. The molecule has 4 N–H and O–H groups in total. The quantitative estimate of drug-likeness (QED) is 0.453.